The van der Waals surface area contributed by atoms with Gasteiger partial charge < -0.3 is 4.74 Å². The zero-order valence-electron chi connectivity index (χ0n) is 15.7. The van der Waals surface area contributed by atoms with E-state index < -0.39 is 0 Å². The fourth-order valence-electron chi connectivity index (χ4n) is 8.06. The van der Waals surface area contributed by atoms with E-state index in [4.69, 9.17) is 4.74 Å². The summed E-state index contributed by atoms with van der Waals surface area (Å²) in [5.74, 6) is 4.73. The fraction of sp³-hybridized carbons (Fsp3) is 0.952. The Morgan fingerprint density at radius 2 is 1.92 bits per heavy atom. The summed E-state index contributed by atoms with van der Waals surface area (Å²) < 4.78 is 5.74. The molecule has 0 aliphatic heterocycles. The maximum Gasteiger partial charge on any atom is 0.293 e. The number of hydrogen-bond acceptors (Lipinski definition) is 3. The van der Waals surface area contributed by atoms with Crippen molar-refractivity contribution in [3.8, 4) is 0 Å². The smallest absolute Gasteiger partial charge is 0.293 e. The van der Waals surface area contributed by atoms with Gasteiger partial charge in [-0.15, -0.1) is 0 Å². The number of hydrogen-bond donors (Lipinski definition) is 0. The van der Waals surface area contributed by atoms with Gasteiger partial charge in [0.05, 0.1) is 0 Å². The molecule has 1 spiro atoms. The van der Waals surface area contributed by atoms with Gasteiger partial charge in [-0.1, -0.05) is 6.92 Å². The molecule has 3 heteroatoms. The largest absolute Gasteiger partial charge is 0.461 e. The molecule has 5 aliphatic carbocycles. The molecule has 24 heavy (non-hydrogen) atoms. The van der Waals surface area contributed by atoms with E-state index in [-0.39, 0.29) is 5.60 Å². The summed E-state index contributed by atoms with van der Waals surface area (Å²) >= 11 is 2.05. The molecule has 5 aliphatic rings. The number of ether oxygens (including phenoxy) is 1. The molecule has 0 radical (unpaired) electrons. The van der Waals surface area contributed by atoms with Crippen molar-refractivity contribution in [1.82, 2.24) is 0 Å². The van der Waals surface area contributed by atoms with E-state index in [2.05, 4.69) is 31.9 Å². The fourth-order valence-corrected chi connectivity index (χ4v) is 8.88. The Balaban J connectivity index is 1.65. The molecule has 7 atom stereocenters. The van der Waals surface area contributed by atoms with Crippen molar-refractivity contribution in [2.75, 3.05) is 12.0 Å². The molecule has 5 rings (SSSR count). The van der Waals surface area contributed by atoms with E-state index in [0.29, 0.717) is 16.7 Å². The molecule has 5 fully saturated rings. The maximum absolute atomic E-state index is 11.2. The number of rotatable bonds is 4. The van der Waals surface area contributed by atoms with E-state index in [1.807, 2.05) is 0 Å². The van der Waals surface area contributed by atoms with Crippen molar-refractivity contribution in [3.05, 3.63) is 0 Å². The van der Waals surface area contributed by atoms with Crippen LogP contribution in [0.4, 0.5) is 0 Å². The van der Waals surface area contributed by atoms with Crippen LogP contribution >= 0.6 is 11.8 Å². The quantitative estimate of drug-likeness (QED) is 0.643. The van der Waals surface area contributed by atoms with Crippen LogP contribution in [0.5, 0.6) is 0 Å². The molecule has 2 nitrogen and oxygen atoms in total. The van der Waals surface area contributed by atoms with Crippen LogP contribution < -0.4 is 0 Å². The first-order valence-electron chi connectivity index (χ1n) is 10.1. The zero-order chi connectivity index (χ0) is 17.0. The van der Waals surface area contributed by atoms with Gasteiger partial charge in [-0.05, 0) is 105 Å². The van der Waals surface area contributed by atoms with Crippen molar-refractivity contribution < 1.29 is 9.53 Å². The molecule has 0 N–H and O–H groups in total. The molecule has 0 heterocycles. The Labute approximate surface area is 151 Å². The average Bonchev–Trinajstić information content (AvgIpc) is 2.55. The van der Waals surface area contributed by atoms with Crippen LogP contribution in [-0.4, -0.2) is 24.1 Å². The topological polar surface area (TPSA) is 26.3 Å². The Hall–Kier alpha value is -0.180. The molecule has 0 saturated heterocycles. The number of carbonyl (C=O) groups excluding carboxylic acids is 1. The predicted octanol–water partition coefficient (Wildman–Crippen LogP) is 5.30. The van der Waals surface area contributed by atoms with Gasteiger partial charge in [0.2, 0.25) is 0 Å². The number of thioether (sulfide) groups is 1. The summed E-state index contributed by atoms with van der Waals surface area (Å²) in [7, 11) is 0. The standard InChI is InChI=1S/C21H34O2S/c1-19-7-4-8-20(2,23-14-22)17(19)6-10-21-9-5-15(11-18(19)21)16(12-21)13-24-3/h14-18H,4-13H2,1-3H3/t15-,16-,17-,18-,19+,20+,21+/m0/s1. The number of carbonyl (C=O) groups is 1. The Morgan fingerprint density at radius 3 is 2.67 bits per heavy atom. The normalized spacial score (nSPS) is 53.1. The Bertz CT molecular complexity index is 508. The second-order valence-corrected chi connectivity index (χ2v) is 10.8. The third kappa shape index (κ3) is 2.32. The van der Waals surface area contributed by atoms with Gasteiger partial charge in [-0.25, -0.2) is 0 Å². The minimum absolute atomic E-state index is 0.217. The van der Waals surface area contributed by atoms with Crippen molar-refractivity contribution in [2.24, 2.45) is 34.5 Å². The third-order valence-corrected chi connectivity index (χ3v) is 9.73. The highest BCUT2D eigenvalue weighted by Gasteiger charge is 2.65. The molecule has 5 saturated carbocycles. The molecule has 0 unspecified atom stereocenters. The third-order valence-electron chi connectivity index (χ3n) is 8.97. The predicted molar refractivity (Wildman–Crippen MR) is 100.0 cm³/mol. The first-order valence-corrected chi connectivity index (χ1v) is 11.5. The van der Waals surface area contributed by atoms with Gasteiger partial charge >= 0.3 is 0 Å². The van der Waals surface area contributed by atoms with Crippen LogP contribution in [0.2, 0.25) is 0 Å². The van der Waals surface area contributed by atoms with Gasteiger partial charge in [0.1, 0.15) is 5.60 Å². The lowest BCUT2D eigenvalue weighted by molar-refractivity contribution is -0.219. The monoisotopic (exact) mass is 350 g/mol. The lowest BCUT2D eigenvalue weighted by Crippen LogP contribution is -2.63. The van der Waals surface area contributed by atoms with E-state index in [1.54, 1.807) is 0 Å². The zero-order valence-corrected chi connectivity index (χ0v) is 16.5. The van der Waals surface area contributed by atoms with Crippen LogP contribution in [0.15, 0.2) is 0 Å². The molecular weight excluding hydrogens is 316 g/mol. The molecule has 0 aromatic carbocycles. The summed E-state index contributed by atoms with van der Waals surface area (Å²) in [5, 5.41) is 0. The number of fused-ring (bicyclic) bond motifs is 3. The SMILES string of the molecule is CSC[C@@H]1C[C@]23CC[C@H]1C[C@H]2[C@]1(C)CCC[C@@](C)(OC=O)[C@H]1CC3. The molecular formula is C21H34O2S. The molecule has 0 aromatic rings. The lowest BCUT2D eigenvalue weighted by atomic mass is 9.37. The van der Waals surface area contributed by atoms with Crippen LogP contribution in [-0.2, 0) is 9.53 Å². The van der Waals surface area contributed by atoms with Gasteiger partial charge in [0.25, 0.3) is 6.47 Å². The average molecular weight is 351 g/mol. The minimum Gasteiger partial charge on any atom is -0.461 e. The first-order chi connectivity index (χ1) is 11.5. The van der Waals surface area contributed by atoms with E-state index in [9.17, 15) is 4.79 Å². The van der Waals surface area contributed by atoms with E-state index >= 15 is 0 Å². The Kier molecular flexibility index (Phi) is 4.26. The highest BCUT2D eigenvalue weighted by atomic mass is 32.2. The Morgan fingerprint density at radius 1 is 1.12 bits per heavy atom. The van der Waals surface area contributed by atoms with Crippen molar-refractivity contribution in [3.63, 3.8) is 0 Å². The van der Waals surface area contributed by atoms with Crippen LogP contribution in [0, 0.1) is 34.5 Å². The van der Waals surface area contributed by atoms with E-state index in [0.717, 1.165) is 30.6 Å². The maximum atomic E-state index is 11.2. The lowest BCUT2D eigenvalue weighted by Gasteiger charge is -2.68. The summed E-state index contributed by atoms with van der Waals surface area (Å²) in [6.07, 6.45) is 14.5. The second-order valence-electron chi connectivity index (χ2n) is 9.85. The van der Waals surface area contributed by atoms with Crippen LogP contribution in [0.1, 0.15) is 71.6 Å². The minimum atomic E-state index is -0.217. The highest BCUT2D eigenvalue weighted by molar-refractivity contribution is 7.98. The van der Waals surface area contributed by atoms with Crippen molar-refractivity contribution in [1.29, 1.82) is 0 Å². The molecule has 136 valence electrons. The van der Waals surface area contributed by atoms with Gasteiger partial charge in [0.15, 0.2) is 0 Å². The second kappa shape index (κ2) is 5.93. The van der Waals surface area contributed by atoms with Gasteiger partial charge in [-0.2, -0.15) is 11.8 Å². The molecule has 0 aromatic heterocycles. The van der Waals surface area contributed by atoms with Crippen LogP contribution in [0.25, 0.3) is 0 Å². The van der Waals surface area contributed by atoms with Gasteiger partial charge in [0, 0.05) is 5.92 Å². The summed E-state index contributed by atoms with van der Waals surface area (Å²) in [6.45, 7) is 5.51. The van der Waals surface area contributed by atoms with Gasteiger partial charge in [-0.3, -0.25) is 4.79 Å². The molecule has 0 amide bonds. The van der Waals surface area contributed by atoms with Crippen molar-refractivity contribution in [2.45, 2.75) is 77.2 Å². The summed E-state index contributed by atoms with van der Waals surface area (Å²) in [4.78, 5) is 11.2. The summed E-state index contributed by atoms with van der Waals surface area (Å²) in [5.41, 5.74) is 0.781. The van der Waals surface area contributed by atoms with E-state index in [1.165, 1.54) is 57.1 Å². The summed E-state index contributed by atoms with van der Waals surface area (Å²) in [6, 6.07) is 0. The van der Waals surface area contributed by atoms with Crippen molar-refractivity contribution >= 4 is 18.2 Å². The highest BCUT2D eigenvalue weighted by Crippen LogP contribution is 2.71. The first kappa shape index (κ1) is 17.2. The molecule has 2 bridgehead atoms. The van der Waals surface area contributed by atoms with Crippen LogP contribution in [0.3, 0.4) is 0 Å².